The van der Waals surface area contributed by atoms with Crippen LogP contribution in [0.5, 0.6) is 0 Å². The molecule has 0 atom stereocenters. The Bertz CT molecular complexity index is 468. The molecule has 0 aromatic heterocycles. The van der Waals surface area contributed by atoms with E-state index >= 15 is 0 Å². The van der Waals surface area contributed by atoms with Gasteiger partial charge in [-0.2, -0.15) is 0 Å². The molecule has 4 nitrogen and oxygen atoms in total. The summed E-state index contributed by atoms with van der Waals surface area (Å²) in [4.78, 5) is 23.8. The molecule has 17 heavy (non-hydrogen) atoms. The lowest BCUT2D eigenvalue weighted by molar-refractivity contribution is -0.145. The molecule has 0 aliphatic carbocycles. The second-order valence-electron chi connectivity index (χ2n) is 4.28. The maximum absolute atomic E-state index is 11.8. The van der Waals surface area contributed by atoms with Gasteiger partial charge < -0.3 is 10.0 Å². The number of rotatable bonds is 3. The SMILES string of the molecule is CCc1ccc2c(c1)CC(=O)N(CC(=O)O)C2. The molecule has 4 heteroatoms. The first-order chi connectivity index (χ1) is 8.10. The third-order valence-electron chi connectivity index (χ3n) is 3.06. The quantitative estimate of drug-likeness (QED) is 0.854. The molecule has 1 aliphatic heterocycles. The van der Waals surface area contributed by atoms with E-state index in [4.69, 9.17) is 5.11 Å². The molecule has 1 heterocycles. The van der Waals surface area contributed by atoms with Crippen LogP contribution >= 0.6 is 0 Å². The third kappa shape index (κ3) is 2.46. The van der Waals surface area contributed by atoms with Crippen LogP contribution in [0.1, 0.15) is 23.6 Å². The Balaban J connectivity index is 2.23. The summed E-state index contributed by atoms with van der Waals surface area (Å²) in [5.74, 6) is -1.07. The topological polar surface area (TPSA) is 57.6 Å². The fourth-order valence-corrected chi connectivity index (χ4v) is 2.09. The Labute approximate surface area is 99.9 Å². The molecule has 0 saturated carbocycles. The second kappa shape index (κ2) is 4.57. The Morgan fingerprint density at radius 2 is 2.18 bits per heavy atom. The summed E-state index contributed by atoms with van der Waals surface area (Å²) < 4.78 is 0. The minimum absolute atomic E-state index is 0.104. The molecule has 0 spiro atoms. The highest BCUT2D eigenvalue weighted by atomic mass is 16.4. The molecule has 90 valence electrons. The van der Waals surface area contributed by atoms with Crippen molar-refractivity contribution in [2.75, 3.05) is 6.54 Å². The predicted molar refractivity (Wildman–Crippen MR) is 62.6 cm³/mol. The lowest BCUT2D eigenvalue weighted by atomic mass is 9.96. The molecule has 1 aromatic carbocycles. The summed E-state index contributed by atoms with van der Waals surface area (Å²) in [6, 6.07) is 6.08. The van der Waals surface area contributed by atoms with E-state index in [-0.39, 0.29) is 12.5 Å². The smallest absolute Gasteiger partial charge is 0.323 e. The highest BCUT2D eigenvalue weighted by Gasteiger charge is 2.24. The van der Waals surface area contributed by atoms with Crippen molar-refractivity contribution >= 4 is 11.9 Å². The maximum atomic E-state index is 11.8. The maximum Gasteiger partial charge on any atom is 0.323 e. The molecular weight excluding hydrogens is 218 g/mol. The first-order valence-electron chi connectivity index (χ1n) is 5.70. The average Bonchev–Trinajstić information content (AvgIpc) is 2.29. The number of hydrogen-bond donors (Lipinski definition) is 1. The normalized spacial score (nSPS) is 14.6. The molecule has 1 aliphatic rings. The fraction of sp³-hybridized carbons (Fsp3) is 0.385. The van der Waals surface area contributed by atoms with Gasteiger partial charge >= 0.3 is 5.97 Å². The zero-order chi connectivity index (χ0) is 12.4. The van der Waals surface area contributed by atoms with Crippen LogP contribution in [-0.4, -0.2) is 28.4 Å². The monoisotopic (exact) mass is 233 g/mol. The Hall–Kier alpha value is -1.84. The minimum atomic E-state index is -0.966. The van der Waals surface area contributed by atoms with Crippen molar-refractivity contribution in [2.45, 2.75) is 26.3 Å². The van der Waals surface area contributed by atoms with Crippen molar-refractivity contribution in [3.8, 4) is 0 Å². The molecule has 1 aromatic rings. The van der Waals surface area contributed by atoms with Crippen molar-refractivity contribution < 1.29 is 14.7 Å². The van der Waals surface area contributed by atoms with Crippen LogP contribution < -0.4 is 0 Å². The van der Waals surface area contributed by atoms with Gasteiger partial charge in [0.15, 0.2) is 0 Å². The van der Waals surface area contributed by atoms with Gasteiger partial charge in [-0.1, -0.05) is 25.1 Å². The second-order valence-corrected chi connectivity index (χ2v) is 4.28. The summed E-state index contributed by atoms with van der Waals surface area (Å²) >= 11 is 0. The average molecular weight is 233 g/mol. The number of hydrogen-bond acceptors (Lipinski definition) is 2. The highest BCUT2D eigenvalue weighted by molar-refractivity contribution is 5.84. The van der Waals surface area contributed by atoms with Gasteiger partial charge in [0.2, 0.25) is 5.91 Å². The van der Waals surface area contributed by atoms with E-state index in [9.17, 15) is 9.59 Å². The predicted octanol–water partition coefficient (Wildman–Crippen LogP) is 1.22. The summed E-state index contributed by atoms with van der Waals surface area (Å²) in [6.07, 6.45) is 1.26. The van der Waals surface area contributed by atoms with Crippen LogP contribution in [0.4, 0.5) is 0 Å². The molecular formula is C13H15NO3. The van der Waals surface area contributed by atoms with E-state index in [0.29, 0.717) is 13.0 Å². The Morgan fingerprint density at radius 1 is 1.41 bits per heavy atom. The largest absolute Gasteiger partial charge is 0.480 e. The van der Waals surface area contributed by atoms with E-state index in [1.165, 1.54) is 10.5 Å². The van der Waals surface area contributed by atoms with Gasteiger partial charge in [-0.3, -0.25) is 9.59 Å². The van der Waals surface area contributed by atoms with Gasteiger partial charge in [0.05, 0.1) is 6.42 Å². The van der Waals surface area contributed by atoms with Gasteiger partial charge in [-0.05, 0) is 23.1 Å². The zero-order valence-corrected chi connectivity index (χ0v) is 9.77. The van der Waals surface area contributed by atoms with Crippen molar-refractivity contribution in [2.24, 2.45) is 0 Å². The number of carbonyl (C=O) groups excluding carboxylic acids is 1. The number of aryl methyl sites for hydroxylation is 1. The molecule has 1 N–H and O–H groups in total. The number of aliphatic carboxylic acids is 1. The number of amides is 1. The molecule has 1 amide bonds. The fourth-order valence-electron chi connectivity index (χ4n) is 2.09. The molecule has 0 radical (unpaired) electrons. The van der Waals surface area contributed by atoms with Crippen LogP contribution in [0, 0.1) is 0 Å². The summed E-state index contributed by atoms with van der Waals surface area (Å²) in [5, 5.41) is 8.72. The summed E-state index contributed by atoms with van der Waals surface area (Å²) in [6.45, 7) is 2.27. The number of fused-ring (bicyclic) bond motifs is 1. The van der Waals surface area contributed by atoms with Crippen LogP contribution in [0.25, 0.3) is 0 Å². The molecule has 2 rings (SSSR count). The van der Waals surface area contributed by atoms with Gasteiger partial charge in [0.1, 0.15) is 6.54 Å². The summed E-state index contributed by atoms with van der Waals surface area (Å²) in [7, 11) is 0. The van der Waals surface area contributed by atoms with Gasteiger partial charge in [0.25, 0.3) is 0 Å². The number of carboxylic acid groups (broad SMARTS) is 1. The summed E-state index contributed by atoms with van der Waals surface area (Å²) in [5.41, 5.74) is 3.31. The van der Waals surface area contributed by atoms with Crippen molar-refractivity contribution in [3.05, 3.63) is 34.9 Å². The van der Waals surface area contributed by atoms with Crippen molar-refractivity contribution in [1.29, 1.82) is 0 Å². The Kier molecular flexibility index (Phi) is 3.13. The number of nitrogens with zero attached hydrogens (tertiary/aromatic N) is 1. The molecule has 0 unspecified atom stereocenters. The van der Waals surface area contributed by atoms with Crippen molar-refractivity contribution in [1.82, 2.24) is 4.90 Å². The standard InChI is InChI=1S/C13H15NO3/c1-2-9-3-4-10-7-14(8-13(16)17)12(15)6-11(10)5-9/h3-5H,2,6-8H2,1H3,(H,16,17). The highest BCUT2D eigenvalue weighted by Crippen LogP contribution is 2.21. The number of benzene rings is 1. The lowest BCUT2D eigenvalue weighted by Crippen LogP contribution is -2.39. The zero-order valence-electron chi connectivity index (χ0n) is 9.77. The number of carboxylic acids is 1. The van der Waals surface area contributed by atoms with Crippen LogP contribution in [-0.2, 0) is 29.0 Å². The van der Waals surface area contributed by atoms with E-state index in [1.54, 1.807) is 0 Å². The lowest BCUT2D eigenvalue weighted by Gasteiger charge is -2.27. The van der Waals surface area contributed by atoms with Gasteiger partial charge in [0, 0.05) is 6.54 Å². The van der Waals surface area contributed by atoms with Crippen LogP contribution in [0.2, 0.25) is 0 Å². The Morgan fingerprint density at radius 3 is 2.82 bits per heavy atom. The first kappa shape index (κ1) is 11.6. The third-order valence-corrected chi connectivity index (χ3v) is 3.06. The van der Waals surface area contributed by atoms with Gasteiger partial charge in [-0.15, -0.1) is 0 Å². The minimum Gasteiger partial charge on any atom is -0.480 e. The van der Waals surface area contributed by atoms with E-state index in [2.05, 4.69) is 6.92 Å². The number of carbonyl (C=O) groups is 2. The van der Waals surface area contributed by atoms with Gasteiger partial charge in [-0.25, -0.2) is 0 Å². The van der Waals surface area contributed by atoms with Crippen molar-refractivity contribution in [3.63, 3.8) is 0 Å². The van der Waals surface area contributed by atoms with Crippen LogP contribution in [0.3, 0.4) is 0 Å². The van der Waals surface area contributed by atoms with E-state index in [0.717, 1.165) is 17.5 Å². The molecule has 0 bridgehead atoms. The molecule has 0 fully saturated rings. The van der Waals surface area contributed by atoms with E-state index in [1.807, 2.05) is 18.2 Å². The molecule has 0 saturated heterocycles. The van der Waals surface area contributed by atoms with E-state index < -0.39 is 5.97 Å². The first-order valence-corrected chi connectivity index (χ1v) is 5.70. The van der Waals surface area contributed by atoms with Crippen LogP contribution in [0.15, 0.2) is 18.2 Å².